The minimum Gasteiger partial charge on any atom is -0.370 e. The molecule has 2 amide bonds. The number of nitrogens with one attached hydrogen (secondary N) is 2. The second-order valence-corrected chi connectivity index (χ2v) is 7.79. The quantitative estimate of drug-likeness (QED) is 0.775. The van der Waals surface area contributed by atoms with Gasteiger partial charge in [-0.3, -0.25) is 9.59 Å². The maximum absolute atomic E-state index is 12.7. The summed E-state index contributed by atoms with van der Waals surface area (Å²) in [6.07, 6.45) is 2.48. The molecule has 0 saturated carbocycles. The van der Waals surface area contributed by atoms with E-state index in [1.165, 1.54) is 18.3 Å². The predicted octanol–water partition coefficient (Wildman–Crippen LogP) is 4.21. The smallest absolute Gasteiger partial charge is 0.226 e. The fourth-order valence-corrected chi connectivity index (χ4v) is 4.14. The molecule has 2 aromatic rings. The van der Waals surface area contributed by atoms with Gasteiger partial charge in [-0.1, -0.05) is 17.7 Å². The van der Waals surface area contributed by atoms with Crippen LogP contribution >= 0.6 is 22.9 Å². The van der Waals surface area contributed by atoms with E-state index >= 15 is 0 Å². The van der Waals surface area contributed by atoms with Gasteiger partial charge in [-0.2, -0.15) is 0 Å². The summed E-state index contributed by atoms with van der Waals surface area (Å²) in [5.74, 6) is -0.309. The summed E-state index contributed by atoms with van der Waals surface area (Å²) < 4.78 is 0. The fraction of sp³-hybridized carbons (Fsp3) is 0.368. The van der Waals surface area contributed by atoms with Crippen molar-refractivity contribution in [1.29, 1.82) is 0 Å². The van der Waals surface area contributed by atoms with Crippen LogP contribution < -0.4 is 15.5 Å². The Morgan fingerprint density at radius 2 is 2.04 bits per heavy atom. The highest BCUT2D eigenvalue weighted by Crippen LogP contribution is 2.32. The van der Waals surface area contributed by atoms with Gasteiger partial charge in [0.1, 0.15) is 0 Å². The van der Waals surface area contributed by atoms with Crippen LogP contribution in [0.2, 0.25) is 5.02 Å². The summed E-state index contributed by atoms with van der Waals surface area (Å²) in [5.41, 5.74) is 1.71. The number of carbonyl (C=O) groups is 2. The van der Waals surface area contributed by atoms with Crippen LogP contribution in [0.25, 0.3) is 0 Å². The maximum Gasteiger partial charge on any atom is 0.226 e. The van der Waals surface area contributed by atoms with E-state index in [2.05, 4.69) is 15.5 Å². The van der Waals surface area contributed by atoms with Crippen LogP contribution in [0.5, 0.6) is 0 Å². The monoisotopic (exact) mass is 391 g/mol. The van der Waals surface area contributed by atoms with Gasteiger partial charge in [0.25, 0.3) is 0 Å². The molecular formula is C19H22ClN3O2S. The molecule has 0 radical (unpaired) electrons. The highest BCUT2D eigenvalue weighted by Gasteiger charge is 2.21. The van der Waals surface area contributed by atoms with Crippen molar-refractivity contribution in [3.8, 4) is 0 Å². The zero-order valence-corrected chi connectivity index (χ0v) is 16.2. The van der Waals surface area contributed by atoms with Crippen LogP contribution in [-0.4, -0.2) is 24.9 Å². The molecule has 1 aliphatic heterocycles. The molecule has 7 heteroatoms. The standard InChI is InChI=1S/C19H22ClN3O2S/c1-13(24)21-16(18-5-4-10-26-18)12-19(25)22-15-11-14(20)6-7-17(15)23-8-2-3-9-23/h4-7,10-11,16H,2-3,8-9,12H2,1H3,(H,21,24)(H,22,25)/t16-/m1/s1. The SMILES string of the molecule is CC(=O)N[C@H](CC(=O)Nc1cc(Cl)ccc1N1CCCC1)c1cccs1. The Morgan fingerprint density at radius 3 is 2.69 bits per heavy atom. The van der Waals surface area contributed by atoms with Crippen LogP contribution in [-0.2, 0) is 9.59 Å². The van der Waals surface area contributed by atoms with Gasteiger partial charge >= 0.3 is 0 Å². The predicted molar refractivity (Wildman–Crippen MR) is 107 cm³/mol. The van der Waals surface area contributed by atoms with Crippen molar-refractivity contribution >= 4 is 46.1 Å². The first-order chi connectivity index (χ1) is 12.5. The van der Waals surface area contributed by atoms with E-state index in [0.29, 0.717) is 5.02 Å². The molecule has 1 aromatic heterocycles. The lowest BCUT2D eigenvalue weighted by molar-refractivity contribution is -0.120. The molecule has 2 heterocycles. The summed E-state index contributed by atoms with van der Waals surface area (Å²) in [6, 6.07) is 9.08. The molecule has 26 heavy (non-hydrogen) atoms. The second kappa shape index (κ2) is 8.56. The lowest BCUT2D eigenvalue weighted by Crippen LogP contribution is -2.29. The third kappa shape index (κ3) is 4.77. The number of hydrogen-bond donors (Lipinski definition) is 2. The van der Waals surface area contributed by atoms with Crippen LogP contribution in [0.4, 0.5) is 11.4 Å². The minimum absolute atomic E-state index is 0.153. The van der Waals surface area contributed by atoms with Gasteiger partial charge in [0.2, 0.25) is 11.8 Å². The first-order valence-corrected chi connectivity index (χ1v) is 9.93. The average molecular weight is 392 g/mol. The summed E-state index contributed by atoms with van der Waals surface area (Å²) >= 11 is 7.66. The van der Waals surface area contributed by atoms with Gasteiger partial charge in [-0.15, -0.1) is 11.3 Å². The van der Waals surface area contributed by atoms with E-state index in [1.54, 1.807) is 6.07 Å². The molecule has 2 N–H and O–H groups in total. The summed E-state index contributed by atoms with van der Waals surface area (Å²) in [6.45, 7) is 3.42. The Bertz CT molecular complexity index is 773. The highest BCUT2D eigenvalue weighted by molar-refractivity contribution is 7.10. The Labute approximate surface area is 162 Å². The van der Waals surface area contributed by atoms with Gasteiger partial charge in [-0.25, -0.2) is 0 Å². The molecule has 1 saturated heterocycles. The van der Waals surface area contributed by atoms with E-state index < -0.39 is 0 Å². The third-order valence-corrected chi connectivity index (χ3v) is 5.55. The Kier molecular flexibility index (Phi) is 6.16. The molecule has 1 aromatic carbocycles. The lowest BCUT2D eigenvalue weighted by Gasteiger charge is -2.22. The normalized spacial score (nSPS) is 14.9. The Balaban J connectivity index is 1.74. The van der Waals surface area contributed by atoms with Crippen molar-refractivity contribution in [2.24, 2.45) is 0 Å². The highest BCUT2D eigenvalue weighted by atomic mass is 35.5. The first kappa shape index (κ1) is 18.7. The third-order valence-electron chi connectivity index (χ3n) is 4.33. The number of rotatable bonds is 6. The van der Waals surface area contributed by atoms with Crippen molar-refractivity contribution in [3.63, 3.8) is 0 Å². The number of thiophene rings is 1. The van der Waals surface area contributed by atoms with Gasteiger partial charge in [-0.05, 0) is 42.5 Å². The zero-order valence-electron chi connectivity index (χ0n) is 14.6. The number of benzene rings is 1. The van der Waals surface area contributed by atoms with Crippen molar-refractivity contribution in [2.45, 2.75) is 32.2 Å². The van der Waals surface area contributed by atoms with Crippen LogP contribution in [0.15, 0.2) is 35.7 Å². The Hall–Kier alpha value is -2.05. The van der Waals surface area contributed by atoms with E-state index in [1.807, 2.05) is 29.6 Å². The van der Waals surface area contributed by atoms with Crippen LogP contribution in [0.1, 0.15) is 37.1 Å². The van der Waals surface area contributed by atoms with Gasteiger partial charge in [0.05, 0.1) is 23.8 Å². The number of amides is 2. The summed E-state index contributed by atoms with van der Waals surface area (Å²) in [7, 11) is 0. The van der Waals surface area contributed by atoms with Crippen molar-refractivity contribution < 1.29 is 9.59 Å². The number of carbonyl (C=O) groups excluding carboxylic acids is 2. The van der Waals surface area contributed by atoms with E-state index in [4.69, 9.17) is 11.6 Å². The summed E-state index contributed by atoms with van der Waals surface area (Å²) in [4.78, 5) is 27.4. The van der Waals surface area contributed by atoms with Gasteiger partial charge < -0.3 is 15.5 Å². The largest absolute Gasteiger partial charge is 0.370 e. The molecule has 1 atom stereocenters. The van der Waals surface area contributed by atoms with Crippen LogP contribution in [0.3, 0.4) is 0 Å². The van der Waals surface area contributed by atoms with E-state index in [-0.39, 0.29) is 24.3 Å². The molecule has 138 valence electrons. The van der Waals surface area contributed by atoms with Crippen LogP contribution in [0, 0.1) is 0 Å². The van der Waals surface area contributed by atoms with Crippen molar-refractivity contribution in [2.75, 3.05) is 23.3 Å². The maximum atomic E-state index is 12.7. The summed E-state index contributed by atoms with van der Waals surface area (Å²) in [5, 5.41) is 8.35. The number of anilines is 2. The number of nitrogens with zero attached hydrogens (tertiary/aromatic N) is 1. The number of hydrogen-bond acceptors (Lipinski definition) is 4. The molecule has 1 aliphatic rings. The molecule has 5 nitrogen and oxygen atoms in total. The van der Waals surface area contributed by atoms with E-state index in [9.17, 15) is 9.59 Å². The Morgan fingerprint density at radius 1 is 1.27 bits per heavy atom. The zero-order chi connectivity index (χ0) is 18.5. The molecular weight excluding hydrogens is 370 g/mol. The molecule has 1 fully saturated rings. The van der Waals surface area contributed by atoms with Gasteiger partial charge in [0.15, 0.2) is 0 Å². The lowest BCUT2D eigenvalue weighted by atomic mass is 10.1. The topological polar surface area (TPSA) is 61.4 Å². The fourth-order valence-electron chi connectivity index (χ4n) is 3.19. The van der Waals surface area contributed by atoms with Crippen molar-refractivity contribution in [3.05, 3.63) is 45.6 Å². The van der Waals surface area contributed by atoms with E-state index in [0.717, 1.165) is 42.2 Å². The van der Waals surface area contributed by atoms with Gasteiger partial charge in [0, 0.05) is 29.9 Å². The number of halogens is 1. The molecule has 0 unspecified atom stereocenters. The molecule has 0 aliphatic carbocycles. The average Bonchev–Trinajstić information content (AvgIpc) is 3.28. The molecule has 3 rings (SSSR count). The molecule has 0 spiro atoms. The molecule has 0 bridgehead atoms. The minimum atomic E-state index is -0.332. The first-order valence-electron chi connectivity index (χ1n) is 8.68. The second-order valence-electron chi connectivity index (χ2n) is 6.38. The van der Waals surface area contributed by atoms with Crippen molar-refractivity contribution in [1.82, 2.24) is 5.32 Å².